The monoisotopic (exact) mass is 286 g/mol. The largest absolute Gasteiger partial charge is 0.465 e. The summed E-state index contributed by atoms with van der Waals surface area (Å²) in [7, 11) is 0. The first kappa shape index (κ1) is 14.7. The second-order valence-corrected chi connectivity index (χ2v) is 4.60. The molecule has 0 saturated carbocycles. The van der Waals surface area contributed by atoms with Gasteiger partial charge in [-0.2, -0.15) is 0 Å². The van der Waals surface area contributed by atoms with Gasteiger partial charge in [0.25, 0.3) is 0 Å². The molecule has 0 aliphatic rings. The molecule has 5 nitrogen and oxygen atoms in total. The highest BCUT2D eigenvalue weighted by Crippen LogP contribution is 2.19. The van der Waals surface area contributed by atoms with Crippen LogP contribution in [0.3, 0.4) is 0 Å². The lowest BCUT2D eigenvalue weighted by molar-refractivity contribution is -0.135. The Morgan fingerprint density at radius 2 is 1.90 bits per heavy atom. The zero-order valence-electron chi connectivity index (χ0n) is 11.7. The molecule has 0 saturated heterocycles. The topological polar surface area (TPSA) is 73.6 Å². The molecular weight excluding hydrogens is 272 g/mol. The highest BCUT2D eigenvalue weighted by molar-refractivity contribution is 5.81. The maximum absolute atomic E-state index is 12.1. The van der Waals surface area contributed by atoms with Crippen LogP contribution in [-0.2, 0) is 4.79 Å². The van der Waals surface area contributed by atoms with Crippen LogP contribution in [0.25, 0.3) is 0 Å². The number of carbonyl (C=O) groups is 2. The summed E-state index contributed by atoms with van der Waals surface area (Å²) in [6.07, 6.45) is 1.97. The summed E-state index contributed by atoms with van der Waals surface area (Å²) >= 11 is 0. The van der Waals surface area contributed by atoms with Gasteiger partial charge < -0.3 is 9.15 Å². The number of esters is 1. The maximum atomic E-state index is 12.1. The highest BCUT2D eigenvalue weighted by atomic mass is 16.5. The average Bonchev–Trinajstić information content (AvgIpc) is 2.50. The van der Waals surface area contributed by atoms with Gasteiger partial charge >= 0.3 is 5.97 Å². The molecule has 1 atom stereocenters. The molecule has 0 aliphatic heterocycles. The molecule has 1 heterocycles. The van der Waals surface area contributed by atoms with Crippen LogP contribution < -0.4 is 10.2 Å². The first-order valence-corrected chi connectivity index (χ1v) is 6.38. The van der Waals surface area contributed by atoms with Crippen molar-refractivity contribution in [2.45, 2.75) is 19.8 Å². The minimum atomic E-state index is -0.565. The van der Waals surface area contributed by atoms with Gasteiger partial charge in [-0.25, -0.2) is 0 Å². The number of carbonyl (C=O) groups excluding carboxylic acids is 2. The lowest BCUT2D eigenvalue weighted by atomic mass is 10.0. The third-order valence-electron chi connectivity index (χ3n) is 3.14. The summed E-state index contributed by atoms with van der Waals surface area (Å²) < 4.78 is 10.2. The van der Waals surface area contributed by atoms with Crippen LogP contribution in [0.15, 0.2) is 45.8 Å². The molecule has 1 aromatic heterocycles. The molecule has 2 rings (SSSR count). The third-order valence-corrected chi connectivity index (χ3v) is 3.14. The molecule has 0 N–H and O–H groups in total. The summed E-state index contributed by atoms with van der Waals surface area (Å²) in [5.41, 5.74) is 0.818. The van der Waals surface area contributed by atoms with E-state index in [9.17, 15) is 14.4 Å². The van der Waals surface area contributed by atoms with E-state index in [1.807, 2.05) is 0 Å². The van der Waals surface area contributed by atoms with Gasteiger partial charge in [-0.15, -0.1) is 0 Å². The predicted molar refractivity (Wildman–Crippen MR) is 75.6 cm³/mol. The lowest BCUT2D eigenvalue weighted by Crippen LogP contribution is -2.20. The molecule has 0 spiro atoms. The van der Waals surface area contributed by atoms with E-state index < -0.39 is 17.3 Å². The fourth-order valence-corrected chi connectivity index (χ4v) is 1.81. The quantitative estimate of drug-likeness (QED) is 0.637. The molecule has 1 aromatic carbocycles. The van der Waals surface area contributed by atoms with Crippen LogP contribution in [0.5, 0.6) is 5.75 Å². The predicted octanol–water partition coefficient (Wildman–Crippen LogP) is 2.47. The van der Waals surface area contributed by atoms with Crippen molar-refractivity contribution in [3.63, 3.8) is 0 Å². The number of rotatable bonds is 4. The van der Waals surface area contributed by atoms with Crippen molar-refractivity contribution in [2.75, 3.05) is 0 Å². The molecule has 0 aliphatic carbocycles. The molecule has 108 valence electrons. The van der Waals surface area contributed by atoms with Gasteiger partial charge in [0.15, 0.2) is 0 Å². The minimum absolute atomic E-state index is 0.0983. The van der Waals surface area contributed by atoms with Crippen molar-refractivity contribution < 1.29 is 18.7 Å². The molecule has 5 heteroatoms. The summed E-state index contributed by atoms with van der Waals surface area (Å²) in [6.45, 7) is 3.21. The zero-order valence-corrected chi connectivity index (χ0v) is 11.7. The maximum Gasteiger partial charge on any atom is 0.318 e. The van der Waals surface area contributed by atoms with E-state index in [0.717, 1.165) is 6.29 Å². The van der Waals surface area contributed by atoms with Gasteiger partial charge in [0.05, 0.1) is 12.2 Å². The fraction of sp³-hybridized carbons (Fsp3) is 0.188. The summed E-state index contributed by atoms with van der Waals surface area (Å²) in [5.74, 6) is -0.974. The van der Waals surface area contributed by atoms with E-state index in [0.29, 0.717) is 11.1 Å². The molecule has 0 fully saturated rings. The molecule has 0 radical (unpaired) electrons. The number of aryl methyl sites for hydroxylation is 1. The Bertz CT molecular complexity index is 712. The Morgan fingerprint density at radius 3 is 2.48 bits per heavy atom. The Morgan fingerprint density at radius 1 is 1.24 bits per heavy atom. The van der Waals surface area contributed by atoms with Crippen molar-refractivity contribution in [3.05, 3.63) is 63.7 Å². The van der Waals surface area contributed by atoms with Crippen molar-refractivity contribution in [3.8, 4) is 5.75 Å². The van der Waals surface area contributed by atoms with Crippen LogP contribution in [-0.4, -0.2) is 12.3 Å². The van der Waals surface area contributed by atoms with E-state index >= 15 is 0 Å². The summed E-state index contributed by atoms with van der Waals surface area (Å²) in [4.78, 5) is 34.3. The van der Waals surface area contributed by atoms with Gasteiger partial charge in [-0.1, -0.05) is 24.3 Å². The van der Waals surface area contributed by atoms with E-state index in [-0.39, 0.29) is 11.5 Å². The highest BCUT2D eigenvalue weighted by Gasteiger charge is 2.20. The second-order valence-electron chi connectivity index (χ2n) is 4.60. The van der Waals surface area contributed by atoms with Crippen LogP contribution >= 0.6 is 0 Å². The number of hydrogen-bond donors (Lipinski definition) is 0. The molecule has 0 amide bonds. The Balaban J connectivity index is 2.19. The standard InChI is InChI=1S/C16H14O5/c1-10(13-5-3-12(9-17)4-6-13)16(19)21-15-11(2)20-8-7-14(15)18/h3-10H,1-2H3. The van der Waals surface area contributed by atoms with Crippen molar-refractivity contribution in [1.29, 1.82) is 0 Å². The Kier molecular flexibility index (Phi) is 4.33. The van der Waals surface area contributed by atoms with Crippen LogP contribution in [0.2, 0.25) is 0 Å². The van der Waals surface area contributed by atoms with Crippen molar-refractivity contribution >= 4 is 12.3 Å². The first-order valence-electron chi connectivity index (χ1n) is 6.38. The van der Waals surface area contributed by atoms with E-state index in [4.69, 9.17) is 9.15 Å². The van der Waals surface area contributed by atoms with Crippen LogP contribution in [0.1, 0.15) is 34.5 Å². The molecular formula is C16H14O5. The van der Waals surface area contributed by atoms with Crippen molar-refractivity contribution in [2.24, 2.45) is 0 Å². The van der Waals surface area contributed by atoms with Crippen LogP contribution in [0, 0.1) is 6.92 Å². The SMILES string of the molecule is Cc1occc(=O)c1OC(=O)C(C)c1ccc(C=O)cc1. The van der Waals surface area contributed by atoms with Crippen LogP contribution in [0.4, 0.5) is 0 Å². The Labute approximate surface area is 121 Å². The second kappa shape index (κ2) is 6.17. The zero-order chi connectivity index (χ0) is 15.4. The van der Waals surface area contributed by atoms with Gasteiger partial charge in [0, 0.05) is 11.6 Å². The van der Waals surface area contributed by atoms with E-state index in [2.05, 4.69) is 0 Å². The van der Waals surface area contributed by atoms with Gasteiger partial charge in [0.2, 0.25) is 11.2 Å². The van der Waals surface area contributed by atoms with Gasteiger partial charge in [-0.05, 0) is 19.4 Å². The number of aldehydes is 1. The molecule has 2 aromatic rings. The Hall–Kier alpha value is -2.69. The normalized spacial score (nSPS) is 11.7. The van der Waals surface area contributed by atoms with Gasteiger partial charge in [-0.3, -0.25) is 14.4 Å². The summed E-state index contributed by atoms with van der Waals surface area (Å²) in [5, 5.41) is 0. The van der Waals surface area contributed by atoms with E-state index in [1.165, 1.54) is 12.3 Å². The van der Waals surface area contributed by atoms with E-state index in [1.54, 1.807) is 38.1 Å². The molecule has 21 heavy (non-hydrogen) atoms. The van der Waals surface area contributed by atoms with Crippen molar-refractivity contribution in [1.82, 2.24) is 0 Å². The first-order chi connectivity index (χ1) is 10.0. The number of benzene rings is 1. The third kappa shape index (κ3) is 3.25. The average molecular weight is 286 g/mol. The number of hydrogen-bond acceptors (Lipinski definition) is 5. The summed E-state index contributed by atoms with van der Waals surface area (Å²) in [6, 6.07) is 7.79. The minimum Gasteiger partial charge on any atom is -0.465 e. The lowest BCUT2D eigenvalue weighted by Gasteiger charge is -2.12. The molecule has 1 unspecified atom stereocenters. The fourth-order valence-electron chi connectivity index (χ4n) is 1.81. The molecule has 0 bridgehead atoms. The number of ether oxygens (including phenoxy) is 1. The van der Waals surface area contributed by atoms with Gasteiger partial charge in [0.1, 0.15) is 12.0 Å². The smallest absolute Gasteiger partial charge is 0.318 e.